The van der Waals surface area contributed by atoms with Crippen molar-refractivity contribution in [2.45, 2.75) is 19.5 Å². The molecule has 0 heterocycles. The first-order chi connectivity index (χ1) is 11.4. The molecule has 0 fully saturated rings. The van der Waals surface area contributed by atoms with Crippen LogP contribution in [0.3, 0.4) is 0 Å². The van der Waals surface area contributed by atoms with Gasteiger partial charge in [-0.05, 0) is 37.3 Å². The van der Waals surface area contributed by atoms with E-state index in [0.29, 0.717) is 22.3 Å². The number of carbonyl (C=O) groups excluding carboxylic acids is 1. The second-order valence-corrected chi connectivity index (χ2v) is 6.55. The van der Waals surface area contributed by atoms with E-state index in [-0.39, 0.29) is 11.9 Å². The van der Waals surface area contributed by atoms with Gasteiger partial charge in [0.1, 0.15) is 12.3 Å². The van der Waals surface area contributed by atoms with Crippen molar-refractivity contribution in [1.29, 1.82) is 0 Å². The van der Waals surface area contributed by atoms with Crippen LogP contribution < -0.4 is 15.0 Å². The lowest BCUT2D eigenvalue weighted by molar-refractivity contribution is -0.907. The van der Waals surface area contributed by atoms with Crippen LogP contribution in [0.5, 0.6) is 5.75 Å². The molecule has 0 aliphatic heterocycles. The lowest BCUT2D eigenvalue weighted by Gasteiger charge is -2.21. The molecular formula is C18H21Cl2N2O2+. The predicted octanol–water partition coefficient (Wildman–Crippen LogP) is 3.04. The number of benzene rings is 2. The molecule has 4 nitrogen and oxygen atoms in total. The molecule has 0 saturated carbocycles. The Kier molecular flexibility index (Phi) is 6.49. The summed E-state index contributed by atoms with van der Waals surface area (Å²) in [6, 6.07) is 12.6. The van der Waals surface area contributed by atoms with Crippen LogP contribution in [0.4, 0.5) is 5.69 Å². The number of hydrogen-bond donors (Lipinski definition) is 2. The Morgan fingerprint density at radius 2 is 2.00 bits per heavy atom. The van der Waals surface area contributed by atoms with Crippen molar-refractivity contribution in [3.8, 4) is 5.75 Å². The summed E-state index contributed by atoms with van der Waals surface area (Å²) >= 11 is 12.0. The minimum absolute atomic E-state index is 0.0976. The van der Waals surface area contributed by atoms with Gasteiger partial charge in [-0.1, -0.05) is 35.3 Å². The maximum Gasteiger partial charge on any atom is 0.282 e. The Morgan fingerprint density at radius 3 is 2.67 bits per heavy atom. The molecule has 2 aromatic rings. The molecule has 1 unspecified atom stereocenters. The molecule has 128 valence electrons. The van der Waals surface area contributed by atoms with E-state index in [1.165, 1.54) is 0 Å². The van der Waals surface area contributed by atoms with Crippen molar-refractivity contribution >= 4 is 34.8 Å². The Hall–Kier alpha value is -1.75. The zero-order chi connectivity index (χ0) is 17.7. The van der Waals surface area contributed by atoms with Gasteiger partial charge in [-0.3, -0.25) is 4.79 Å². The third-order valence-corrected chi connectivity index (χ3v) is 4.49. The fourth-order valence-corrected chi connectivity index (χ4v) is 2.77. The van der Waals surface area contributed by atoms with Gasteiger partial charge in [-0.15, -0.1) is 0 Å². The number of rotatable bonds is 6. The normalized spacial score (nSPS) is 13.2. The Morgan fingerprint density at radius 1 is 1.25 bits per heavy atom. The van der Waals surface area contributed by atoms with Crippen molar-refractivity contribution in [1.82, 2.24) is 0 Å². The predicted molar refractivity (Wildman–Crippen MR) is 98.1 cm³/mol. The van der Waals surface area contributed by atoms with E-state index in [9.17, 15) is 4.79 Å². The zero-order valence-corrected chi connectivity index (χ0v) is 15.4. The number of anilines is 1. The number of likely N-dealkylation sites (N-methyl/N-ethyl adjacent to an activating group) is 1. The second-order valence-electron chi connectivity index (χ2n) is 5.71. The summed E-state index contributed by atoms with van der Waals surface area (Å²) in [5.41, 5.74) is 1.67. The summed E-state index contributed by atoms with van der Waals surface area (Å²) in [6.07, 6.45) is 0. The number of nitrogens with one attached hydrogen (secondary N) is 2. The fourth-order valence-electron chi connectivity index (χ4n) is 2.31. The van der Waals surface area contributed by atoms with Gasteiger partial charge in [0.25, 0.3) is 5.91 Å². The lowest BCUT2D eigenvalue weighted by atomic mass is 10.1. The van der Waals surface area contributed by atoms with Crippen molar-refractivity contribution < 1.29 is 14.4 Å². The molecular weight excluding hydrogens is 347 g/mol. The highest BCUT2D eigenvalue weighted by Crippen LogP contribution is 2.25. The van der Waals surface area contributed by atoms with Gasteiger partial charge in [0, 0.05) is 10.6 Å². The van der Waals surface area contributed by atoms with Crippen molar-refractivity contribution in [2.24, 2.45) is 0 Å². The van der Waals surface area contributed by atoms with E-state index in [1.54, 1.807) is 25.3 Å². The van der Waals surface area contributed by atoms with E-state index in [4.69, 9.17) is 27.9 Å². The molecule has 2 rings (SSSR count). The van der Waals surface area contributed by atoms with Gasteiger partial charge in [0.2, 0.25) is 0 Å². The van der Waals surface area contributed by atoms with E-state index >= 15 is 0 Å². The quantitative estimate of drug-likeness (QED) is 0.823. The molecule has 6 heteroatoms. The van der Waals surface area contributed by atoms with Crippen LogP contribution in [0.2, 0.25) is 10.0 Å². The van der Waals surface area contributed by atoms with E-state index in [0.717, 1.165) is 16.2 Å². The van der Waals surface area contributed by atoms with Crippen LogP contribution >= 0.6 is 23.2 Å². The molecule has 0 aliphatic carbocycles. The van der Waals surface area contributed by atoms with Crippen LogP contribution in [0.15, 0.2) is 42.5 Å². The van der Waals surface area contributed by atoms with Crippen LogP contribution in [0.25, 0.3) is 0 Å². The Bertz CT molecular complexity index is 722. The van der Waals surface area contributed by atoms with E-state index in [2.05, 4.69) is 5.32 Å². The summed E-state index contributed by atoms with van der Waals surface area (Å²) in [7, 11) is 3.62. The summed E-state index contributed by atoms with van der Waals surface area (Å²) in [6.45, 7) is 2.59. The smallest absolute Gasteiger partial charge is 0.282 e. The highest BCUT2D eigenvalue weighted by molar-refractivity contribution is 6.36. The molecule has 0 radical (unpaired) electrons. The molecule has 2 aromatic carbocycles. The number of amides is 1. The lowest BCUT2D eigenvalue weighted by Crippen LogP contribution is -3.12. The monoisotopic (exact) mass is 367 g/mol. The standard InChI is InChI=1S/C18H20Cl2N2O2/c1-12(18(23)21-17-8-7-14(19)10-16(17)20)22(2)11-13-5-4-6-15(9-13)24-3/h4-10,12H,11H2,1-3H3,(H,21,23)/p+1/t12-/m1/s1. The van der Waals surface area contributed by atoms with Gasteiger partial charge < -0.3 is 15.0 Å². The minimum atomic E-state index is -0.247. The molecule has 0 aliphatic rings. The number of methoxy groups -OCH3 is 1. The van der Waals surface area contributed by atoms with Gasteiger partial charge in [-0.25, -0.2) is 0 Å². The van der Waals surface area contributed by atoms with Crippen LogP contribution in [-0.2, 0) is 11.3 Å². The average Bonchev–Trinajstić information content (AvgIpc) is 2.56. The Labute approximate surface area is 152 Å². The Balaban J connectivity index is 2.01. The fraction of sp³-hybridized carbons (Fsp3) is 0.278. The molecule has 2 N–H and O–H groups in total. The highest BCUT2D eigenvalue weighted by atomic mass is 35.5. The SMILES string of the molecule is COc1cccc(C[NH+](C)[C@H](C)C(=O)Nc2ccc(Cl)cc2Cl)c1. The first-order valence-corrected chi connectivity index (χ1v) is 8.37. The highest BCUT2D eigenvalue weighted by Gasteiger charge is 2.22. The van der Waals surface area contributed by atoms with E-state index in [1.807, 2.05) is 38.2 Å². The van der Waals surface area contributed by atoms with E-state index < -0.39 is 0 Å². The summed E-state index contributed by atoms with van der Waals surface area (Å²) in [4.78, 5) is 13.5. The molecule has 24 heavy (non-hydrogen) atoms. The summed E-state index contributed by atoms with van der Waals surface area (Å²) in [5, 5.41) is 3.81. The largest absolute Gasteiger partial charge is 0.497 e. The van der Waals surface area contributed by atoms with Crippen molar-refractivity contribution in [3.63, 3.8) is 0 Å². The van der Waals surface area contributed by atoms with Gasteiger partial charge in [0.15, 0.2) is 6.04 Å². The topological polar surface area (TPSA) is 42.8 Å². The molecule has 0 bridgehead atoms. The van der Waals surface area contributed by atoms with Gasteiger partial charge in [0.05, 0.1) is 24.9 Å². The van der Waals surface area contributed by atoms with Crippen LogP contribution in [0.1, 0.15) is 12.5 Å². The average molecular weight is 368 g/mol. The second kappa shape index (κ2) is 8.38. The first-order valence-electron chi connectivity index (χ1n) is 7.62. The third-order valence-electron chi connectivity index (χ3n) is 3.94. The number of carbonyl (C=O) groups is 1. The van der Waals surface area contributed by atoms with Crippen molar-refractivity contribution in [2.75, 3.05) is 19.5 Å². The number of hydrogen-bond acceptors (Lipinski definition) is 2. The molecule has 1 amide bonds. The first kappa shape index (κ1) is 18.6. The zero-order valence-electron chi connectivity index (χ0n) is 13.9. The van der Waals surface area contributed by atoms with Crippen molar-refractivity contribution in [3.05, 3.63) is 58.1 Å². The third kappa shape index (κ3) is 4.87. The van der Waals surface area contributed by atoms with Crippen LogP contribution in [0, 0.1) is 0 Å². The number of ether oxygens (including phenoxy) is 1. The number of quaternary nitrogens is 1. The summed E-state index contributed by atoms with van der Waals surface area (Å²) < 4.78 is 5.23. The summed E-state index contributed by atoms with van der Waals surface area (Å²) in [5.74, 6) is 0.713. The number of halogens is 2. The molecule has 0 saturated heterocycles. The maximum atomic E-state index is 12.5. The minimum Gasteiger partial charge on any atom is -0.497 e. The molecule has 2 atom stereocenters. The molecule has 0 aromatic heterocycles. The van der Waals surface area contributed by atoms with Crippen LogP contribution in [-0.4, -0.2) is 26.1 Å². The maximum absolute atomic E-state index is 12.5. The van der Waals surface area contributed by atoms with Gasteiger partial charge in [-0.2, -0.15) is 0 Å². The van der Waals surface area contributed by atoms with Gasteiger partial charge >= 0.3 is 0 Å². The molecule has 0 spiro atoms.